The Morgan fingerprint density at radius 1 is 1.19 bits per heavy atom. The lowest BCUT2D eigenvalue weighted by molar-refractivity contribution is 0.0170. The molecule has 0 radical (unpaired) electrons. The molecule has 1 amide bonds. The third kappa shape index (κ3) is 3.94. The van der Waals surface area contributed by atoms with Crippen LogP contribution in [0.2, 0.25) is 5.02 Å². The summed E-state index contributed by atoms with van der Waals surface area (Å²) < 4.78 is 2.72. The fourth-order valence-electron chi connectivity index (χ4n) is 3.91. The van der Waals surface area contributed by atoms with Crippen LogP contribution in [0.1, 0.15) is 32.9 Å². The minimum absolute atomic E-state index is 0.0787. The van der Waals surface area contributed by atoms with Gasteiger partial charge in [0.1, 0.15) is 0 Å². The van der Waals surface area contributed by atoms with Gasteiger partial charge in [0.25, 0.3) is 5.91 Å². The summed E-state index contributed by atoms with van der Waals surface area (Å²) in [5.41, 5.74) is 3.62. The number of fused-ring (bicyclic) bond motifs is 1. The predicted octanol–water partition coefficient (Wildman–Crippen LogP) is 4.41. The van der Waals surface area contributed by atoms with Crippen LogP contribution in [-0.2, 0) is 6.54 Å². The number of nitrogens with zero attached hydrogens (tertiary/aromatic N) is 6. The first-order valence-electron chi connectivity index (χ1n) is 10.1. The molecular weight excluding hydrogens is 432 g/mol. The Hall–Kier alpha value is -2.81. The zero-order valence-electron chi connectivity index (χ0n) is 17.2. The Bertz CT molecular complexity index is 1280. The second kappa shape index (κ2) is 8.03. The predicted molar refractivity (Wildman–Crippen MR) is 122 cm³/mol. The molecule has 0 N–H and O–H groups in total. The van der Waals surface area contributed by atoms with Gasteiger partial charge in [-0.3, -0.25) is 9.80 Å². The van der Waals surface area contributed by atoms with Crippen molar-refractivity contribution in [2.24, 2.45) is 0 Å². The number of hydrogen-bond acceptors (Lipinski definition) is 6. The van der Waals surface area contributed by atoms with Crippen LogP contribution in [0, 0.1) is 13.8 Å². The van der Waals surface area contributed by atoms with Crippen LogP contribution < -0.4 is 0 Å². The van der Waals surface area contributed by atoms with E-state index >= 15 is 0 Å². The number of benzene rings is 1. The molecule has 31 heavy (non-hydrogen) atoms. The van der Waals surface area contributed by atoms with Crippen molar-refractivity contribution < 1.29 is 4.79 Å². The molecule has 0 bridgehead atoms. The average Bonchev–Trinajstić information content (AvgIpc) is 3.46. The molecule has 0 atom stereocenters. The SMILES string of the molecule is Cc1cnc(-n2cc(Cl)cn2)c(C(=O)N2CCCN2Cc2ccc3nc(C)sc3c2)c1. The standard InChI is InChI=1S/C22H21ClN6OS/c1-14-8-18(21(24-10-14)28-13-17(23)11-25-28)22(30)29-7-3-6-27(29)12-16-4-5-19-20(9-16)31-15(2)26-19/h4-5,8-11,13H,3,6-7,12H2,1-2H3. The van der Waals surface area contributed by atoms with E-state index in [1.165, 1.54) is 10.9 Å². The maximum absolute atomic E-state index is 13.6. The zero-order chi connectivity index (χ0) is 21.5. The summed E-state index contributed by atoms with van der Waals surface area (Å²) >= 11 is 7.73. The van der Waals surface area contributed by atoms with E-state index in [-0.39, 0.29) is 5.91 Å². The van der Waals surface area contributed by atoms with Crippen LogP contribution in [0.15, 0.2) is 42.9 Å². The third-order valence-corrected chi connectivity index (χ3v) is 6.42. The van der Waals surface area contributed by atoms with Crippen LogP contribution in [0.5, 0.6) is 0 Å². The van der Waals surface area contributed by atoms with E-state index in [9.17, 15) is 4.79 Å². The minimum Gasteiger partial charge on any atom is -0.271 e. The number of aryl methyl sites for hydroxylation is 2. The molecule has 9 heteroatoms. The number of carbonyl (C=O) groups excluding carboxylic acids is 1. The van der Waals surface area contributed by atoms with Gasteiger partial charge in [0.2, 0.25) is 0 Å². The van der Waals surface area contributed by atoms with E-state index in [2.05, 4.69) is 38.3 Å². The molecule has 5 rings (SSSR count). The second-order valence-electron chi connectivity index (χ2n) is 7.69. The molecular formula is C22H21ClN6OS. The number of amides is 1. The number of carbonyl (C=O) groups is 1. The number of pyridine rings is 1. The summed E-state index contributed by atoms with van der Waals surface area (Å²) in [6.07, 6.45) is 5.85. The molecule has 4 aromatic rings. The summed E-state index contributed by atoms with van der Waals surface area (Å²) in [5.74, 6) is 0.404. The molecule has 1 saturated heterocycles. The van der Waals surface area contributed by atoms with E-state index in [4.69, 9.17) is 11.6 Å². The van der Waals surface area contributed by atoms with Gasteiger partial charge in [-0.15, -0.1) is 11.3 Å². The van der Waals surface area contributed by atoms with E-state index in [0.717, 1.165) is 34.6 Å². The topological polar surface area (TPSA) is 67.2 Å². The Balaban J connectivity index is 1.44. The monoisotopic (exact) mass is 452 g/mol. The highest BCUT2D eigenvalue weighted by Gasteiger charge is 2.30. The van der Waals surface area contributed by atoms with Gasteiger partial charge < -0.3 is 0 Å². The smallest absolute Gasteiger partial charge is 0.271 e. The van der Waals surface area contributed by atoms with Crippen molar-refractivity contribution in [2.45, 2.75) is 26.8 Å². The fraction of sp³-hybridized carbons (Fsp3) is 0.273. The highest BCUT2D eigenvalue weighted by Crippen LogP contribution is 2.26. The first kappa shape index (κ1) is 20.1. The van der Waals surface area contributed by atoms with Crippen LogP contribution in [0.3, 0.4) is 0 Å². The van der Waals surface area contributed by atoms with Gasteiger partial charge >= 0.3 is 0 Å². The minimum atomic E-state index is -0.0787. The first-order chi connectivity index (χ1) is 15.0. The van der Waals surface area contributed by atoms with Gasteiger partial charge in [-0.05, 0) is 49.6 Å². The number of hydrazine groups is 1. The number of rotatable bonds is 4. The Morgan fingerprint density at radius 3 is 2.87 bits per heavy atom. The second-order valence-corrected chi connectivity index (χ2v) is 9.36. The van der Waals surface area contributed by atoms with E-state index in [0.29, 0.717) is 29.5 Å². The number of aromatic nitrogens is 4. The normalized spacial score (nSPS) is 14.6. The van der Waals surface area contributed by atoms with Crippen molar-refractivity contribution in [2.75, 3.05) is 13.1 Å². The van der Waals surface area contributed by atoms with Gasteiger partial charge in [-0.1, -0.05) is 17.7 Å². The van der Waals surface area contributed by atoms with E-state index in [1.807, 2.05) is 24.9 Å². The molecule has 3 aromatic heterocycles. The average molecular weight is 453 g/mol. The molecule has 158 valence electrons. The fourth-order valence-corrected chi connectivity index (χ4v) is 4.94. The zero-order valence-corrected chi connectivity index (χ0v) is 18.8. The van der Waals surface area contributed by atoms with Crippen molar-refractivity contribution in [3.63, 3.8) is 0 Å². The number of halogens is 1. The molecule has 7 nitrogen and oxygen atoms in total. The summed E-state index contributed by atoms with van der Waals surface area (Å²) in [7, 11) is 0. The van der Waals surface area contributed by atoms with Gasteiger partial charge in [-0.2, -0.15) is 5.10 Å². The van der Waals surface area contributed by atoms with Gasteiger partial charge in [-0.25, -0.2) is 19.7 Å². The Morgan fingerprint density at radius 2 is 2.06 bits per heavy atom. The Labute approximate surface area is 188 Å². The quantitative estimate of drug-likeness (QED) is 0.458. The van der Waals surface area contributed by atoms with Crippen LogP contribution >= 0.6 is 22.9 Å². The molecule has 1 aliphatic rings. The van der Waals surface area contributed by atoms with Crippen LogP contribution in [-0.4, -0.2) is 48.8 Å². The number of hydrogen-bond donors (Lipinski definition) is 0. The van der Waals surface area contributed by atoms with E-state index in [1.54, 1.807) is 28.4 Å². The highest BCUT2D eigenvalue weighted by molar-refractivity contribution is 7.18. The molecule has 0 unspecified atom stereocenters. The summed E-state index contributed by atoms with van der Waals surface area (Å²) in [6, 6.07) is 8.18. The number of thiazole rings is 1. The molecule has 4 heterocycles. The highest BCUT2D eigenvalue weighted by atomic mass is 35.5. The van der Waals surface area contributed by atoms with Crippen molar-refractivity contribution in [3.8, 4) is 5.82 Å². The summed E-state index contributed by atoms with van der Waals surface area (Å²) in [4.78, 5) is 22.6. The van der Waals surface area contributed by atoms with Crippen molar-refractivity contribution in [3.05, 3.63) is 69.6 Å². The largest absolute Gasteiger partial charge is 0.272 e. The lowest BCUT2D eigenvalue weighted by Gasteiger charge is -2.28. The van der Waals surface area contributed by atoms with Gasteiger partial charge in [0.15, 0.2) is 5.82 Å². The van der Waals surface area contributed by atoms with Crippen molar-refractivity contribution in [1.82, 2.24) is 29.8 Å². The first-order valence-corrected chi connectivity index (χ1v) is 11.3. The van der Waals surface area contributed by atoms with Crippen LogP contribution in [0.25, 0.3) is 16.0 Å². The molecule has 1 aromatic carbocycles. The Kier molecular flexibility index (Phi) is 5.21. The molecule has 0 saturated carbocycles. The lowest BCUT2D eigenvalue weighted by Crippen LogP contribution is -2.41. The molecule has 1 fully saturated rings. The van der Waals surface area contributed by atoms with Gasteiger partial charge in [0, 0.05) is 25.8 Å². The summed E-state index contributed by atoms with van der Waals surface area (Å²) in [5, 5.41) is 9.73. The lowest BCUT2D eigenvalue weighted by atomic mass is 10.2. The molecule has 0 aliphatic carbocycles. The summed E-state index contributed by atoms with van der Waals surface area (Å²) in [6.45, 7) is 6.12. The van der Waals surface area contributed by atoms with Crippen molar-refractivity contribution in [1.29, 1.82) is 0 Å². The maximum atomic E-state index is 13.6. The maximum Gasteiger partial charge on any atom is 0.272 e. The third-order valence-electron chi connectivity index (χ3n) is 5.29. The molecule has 0 spiro atoms. The molecule has 1 aliphatic heterocycles. The van der Waals surface area contributed by atoms with E-state index < -0.39 is 0 Å². The van der Waals surface area contributed by atoms with Crippen LogP contribution in [0.4, 0.5) is 0 Å². The van der Waals surface area contributed by atoms with Crippen molar-refractivity contribution >= 4 is 39.1 Å². The van der Waals surface area contributed by atoms with Gasteiger partial charge in [0.05, 0.1) is 38.2 Å².